The van der Waals surface area contributed by atoms with E-state index in [1.54, 1.807) is 6.07 Å². The van der Waals surface area contributed by atoms with Crippen LogP contribution in [0.4, 0.5) is 5.69 Å². The van der Waals surface area contributed by atoms with Crippen LogP contribution in [0.3, 0.4) is 0 Å². The number of anilines is 1. The van der Waals surface area contributed by atoms with Crippen LogP contribution < -0.4 is 9.64 Å². The van der Waals surface area contributed by atoms with Gasteiger partial charge in [-0.25, -0.2) is 4.79 Å². The van der Waals surface area contributed by atoms with E-state index >= 15 is 0 Å². The van der Waals surface area contributed by atoms with Crippen LogP contribution in [0.2, 0.25) is 0 Å². The van der Waals surface area contributed by atoms with E-state index < -0.39 is 5.97 Å². The third-order valence-electron chi connectivity index (χ3n) is 5.53. The van der Waals surface area contributed by atoms with Crippen molar-refractivity contribution in [3.63, 3.8) is 0 Å². The number of aromatic carboxylic acids is 1. The van der Waals surface area contributed by atoms with Crippen LogP contribution in [0, 0.1) is 0 Å². The van der Waals surface area contributed by atoms with E-state index in [0.29, 0.717) is 39.2 Å². The van der Waals surface area contributed by atoms with Crippen LogP contribution in [-0.2, 0) is 4.79 Å². The predicted molar refractivity (Wildman–Crippen MR) is 118 cm³/mol. The molecule has 1 aliphatic rings. The number of hydrogen-bond donors (Lipinski definition) is 2. The van der Waals surface area contributed by atoms with Gasteiger partial charge in [0.15, 0.2) is 0 Å². The molecular weight excluding hydrogens is 396 g/mol. The number of carbonyl (C=O) groups is 2. The van der Waals surface area contributed by atoms with Gasteiger partial charge in [0.05, 0.1) is 13.0 Å². The highest BCUT2D eigenvalue weighted by atomic mass is 16.5. The summed E-state index contributed by atoms with van der Waals surface area (Å²) in [5.74, 6) is -0.607. The first-order valence-electron chi connectivity index (χ1n) is 10.2. The number of benzene rings is 3. The lowest BCUT2D eigenvalue weighted by atomic mass is 10.1. The average Bonchev–Trinajstić information content (AvgIpc) is 2.79. The van der Waals surface area contributed by atoms with Crippen LogP contribution >= 0.6 is 0 Å². The van der Waals surface area contributed by atoms with Crippen molar-refractivity contribution in [3.8, 4) is 11.5 Å². The van der Waals surface area contributed by atoms with Crippen LogP contribution in [0.1, 0.15) is 16.8 Å². The second kappa shape index (κ2) is 8.95. The fourth-order valence-corrected chi connectivity index (χ4v) is 3.83. The van der Waals surface area contributed by atoms with Gasteiger partial charge in [-0.15, -0.1) is 0 Å². The zero-order chi connectivity index (χ0) is 21.8. The number of ether oxygens (including phenoxy) is 1. The first-order valence-corrected chi connectivity index (χ1v) is 10.2. The van der Waals surface area contributed by atoms with Gasteiger partial charge in [0.2, 0.25) is 5.91 Å². The van der Waals surface area contributed by atoms with E-state index in [4.69, 9.17) is 4.74 Å². The van der Waals surface area contributed by atoms with E-state index in [9.17, 15) is 19.8 Å². The Morgan fingerprint density at radius 2 is 1.68 bits per heavy atom. The quantitative estimate of drug-likeness (QED) is 0.636. The largest absolute Gasteiger partial charge is 0.507 e. The molecule has 0 atom stereocenters. The molecule has 0 unspecified atom stereocenters. The summed E-state index contributed by atoms with van der Waals surface area (Å²) >= 11 is 0. The molecule has 31 heavy (non-hydrogen) atoms. The molecule has 7 heteroatoms. The number of amides is 1. The summed E-state index contributed by atoms with van der Waals surface area (Å²) in [5, 5.41) is 21.0. The lowest BCUT2D eigenvalue weighted by Crippen LogP contribution is -2.49. The second-order valence-electron chi connectivity index (χ2n) is 7.45. The third kappa shape index (κ3) is 4.55. The summed E-state index contributed by atoms with van der Waals surface area (Å²) in [6.07, 6.45) is 0.297. The second-order valence-corrected chi connectivity index (χ2v) is 7.45. The molecule has 2 N–H and O–H groups in total. The van der Waals surface area contributed by atoms with Crippen molar-refractivity contribution in [1.82, 2.24) is 4.90 Å². The van der Waals surface area contributed by atoms with E-state index in [1.165, 1.54) is 12.1 Å². The van der Waals surface area contributed by atoms with Crippen molar-refractivity contribution in [3.05, 3.63) is 66.2 Å². The number of phenols is 1. The monoisotopic (exact) mass is 420 g/mol. The molecule has 1 heterocycles. The highest BCUT2D eigenvalue weighted by Crippen LogP contribution is 2.26. The van der Waals surface area contributed by atoms with Crippen molar-refractivity contribution in [2.75, 3.05) is 37.7 Å². The zero-order valence-corrected chi connectivity index (χ0v) is 17.0. The number of carboxylic acid groups (broad SMARTS) is 1. The summed E-state index contributed by atoms with van der Waals surface area (Å²) in [5.41, 5.74) is 0.600. The highest BCUT2D eigenvalue weighted by molar-refractivity contribution is 5.92. The summed E-state index contributed by atoms with van der Waals surface area (Å²) in [6.45, 7) is 2.61. The number of aromatic hydroxyl groups is 1. The number of fused-ring (bicyclic) bond motifs is 1. The van der Waals surface area contributed by atoms with Gasteiger partial charge in [-0.05, 0) is 29.7 Å². The van der Waals surface area contributed by atoms with Gasteiger partial charge < -0.3 is 24.7 Å². The molecule has 1 fully saturated rings. The van der Waals surface area contributed by atoms with E-state index in [0.717, 1.165) is 22.2 Å². The van der Waals surface area contributed by atoms with Crippen molar-refractivity contribution in [2.24, 2.45) is 0 Å². The normalized spacial score (nSPS) is 13.9. The Kier molecular flexibility index (Phi) is 5.93. The predicted octanol–water partition coefficient (Wildman–Crippen LogP) is 3.36. The fourth-order valence-electron chi connectivity index (χ4n) is 3.83. The van der Waals surface area contributed by atoms with Gasteiger partial charge in [-0.1, -0.05) is 36.4 Å². The number of carbonyl (C=O) groups excluding carboxylic acids is 1. The molecule has 3 aromatic rings. The molecule has 7 nitrogen and oxygen atoms in total. The van der Waals surface area contributed by atoms with Crippen LogP contribution in [-0.4, -0.2) is 59.8 Å². The fraction of sp³-hybridized carbons (Fsp3) is 0.250. The molecule has 0 aliphatic carbocycles. The molecule has 1 amide bonds. The van der Waals surface area contributed by atoms with E-state index in [2.05, 4.69) is 0 Å². The first-order chi connectivity index (χ1) is 15.0. The topological polar surface area (TPSA) is 90.3 Å². The highest BCUT2D eigenvalue weighted by Gasteiger charge is 2.22. The number of nitrogens with zero attached hydrogens (tertiary/aromatic N) is 2. The summed E-state index contributed by atoms with van der Waals surface area (Å²) in [7, 11) is 0. The van der Waals surface area contributed by atoms with Gasteiger partial charge >= 0.3 is 5.97 Å². The molecule has 0 spiro atoms. The first kappa shape index (κ1) is 20.5. The Bertz CT molecular complexity index is 1100. The molecule has 0 radical (unpaired) electrons. The Morgan fingerprint density at radius 3 is 2.45 bits per heavy atom. The van der Waals surface area contributed by atoms with Crippen molar-refractivity contribution in [1.29, 1.82) is 0 Å². The summed E-state index contributed by atoms with van der Waals surface area (Å²) < 4.78 is 5.88. The maximum atomic E-state index is 12.6. The van der Waals surface area contributed by atoms with Gasteiger partial charge in [0.25, 0.3) is 0 Å². The lowest BCUT2D eigenvalue weighted by Gasteiger charge is -2.36. The van der Waals surface area contributed by atoms with E-state index in [-0.39, 0.29) is 17.2 Å². The Balaban J connectivity index is 1.30. The number of piperazine rings is 1. The zero-order valence-electron chi connectivity index (χ0n) is 17.0. The molecule has 3 aromatic carbocycles. The molecule has 1 saturated heterocycles. The average molecular weight is 420 g/mol. The Hall–Kier alpha value is -3.74. The van der Waals surface area contributed by atoms with Crippen molar-refractivity contribution < 1.29 is 24.5 Å². The molecule has 160 valence electrons. The maximum Gasteiger partial charge on any atom is 0.339 e. The third-order valence-corrected chi connectivity index (χ3v) is 5.53. The standard InChI is InChI=1S/C24H24N2O5/c27-21-9-8-18(16-20(21)24(29)30)25-11-13-26(14-12-25)23(28)10-15-31-22-7-3-5-17-4-1-2-6-19(17)22/h1-9,16,27H,10-15H2,(H,29,30). The Morgan fingerprint density at radius 1 is 0.935 bits per heavy atom. The van der Waals surface area contributed by atoms with Crippen molar-refractivity contribution >= 4 is 28.3 Å². The smallest absolute Gasteiger partial charge is 0.339 e. The molecule has 1 aliphatic heterocycles. The Labute approximate surface area is 180 Å². The minimum Gasteiger partial charge on any atom is -0.507 e. The van der Waals surface area contributed by atoms with Crippen LogP contribution in [0.15, 0.2) is 60.7 Å². The number of hydrogen-bond acceptors (Lipinski definition) is 5. The maximum absolute atomic E-state index is 12.6. The van der Waals surface area contributed by atoms with Crippen molar-refractivity contribution in [2.45, 2.75) is 6.42 Å². The molecule has 0 aromatic heterocycles. The SMILES string of the molecule is O=C(O)c1cc(N2CCN(C(=O)CCOc3cccc4ccccc34)CC2)ccc1O. The summed E-state index contributed by atoms with van der Waals surface area (Å²) in [6, 6.07) is 18.4. The van der Waals surface area contributed by atoms with Gasteiger partial charge in [-0.2, -0.15) is 0 Å². The molecule has 4 rings (SSSR count). The van der Waals surface area contributed by atoms with Gasteiger partial charge in [-0.3, -0.25) is 4.79 Å². The van der Waals surface area contributed by atoms with E-state index in [1.807, 2.05) is 52.3 Å². The van der Waals surface area contributed by atoms with Gasteiger partial charge in [0, 0.05) is 37.3 Å². The lowest BCUT2D eigenvalue weighted by molar-refractivity contribution is -0.132. The number of carboxylic acids is 1. The molecular formula is C24H24N2O5. The van der Waals surface area contributed by atoms with Gasteiger partial charge in [0.1, 0.15) is 17.1 Å². The summed E-state index contributed by atoms with van der Waals surface area (Å²) in [4.78, 5) is 27.7. The minimum atomic E-state index is -1.17. The molecule has 0 saturated carbocycles. The number of rotatable bonds is 6. The molecule has 0 bridgehead atoms. The van der Waals surface area contributed by atoms with Crippen LogP contribution in [0.25, 0.3) is 10.8 Å². The van der Waals surface area contributed by atoms with Crippen LogP contribution in [0.5, 0.6) is 11.5 Å². The minimum absolute atomic E-state index is 0.0387.